The molecule has 4 nitrogen and oxygen atoms in total. The smallest absolute Gasteiger partial charge is 0.305 e. The van der Waals surface area contributed by atoms with Gasteiger partial charge in [0.05, 0.1) is 6.61 Å². The minimum absolute atomic E-state index is 0.184. The molecule has 0 aromatic heterocycles. The molecule has 0 rings (SSSR count). The van der Waals surface area contributed by atoms with Gasteiger partial charge in [0.1, 0.15) is 6.61 Å². The van der Waals surface area contributed by atoms with E-state index in [-0.39, 0.29) is 12.6 Å². The first-order chi connectivity index (χ1) is 5.66. The molecule has 0 unspecified atom stereocenters. The second-order valence-corrected chi connectivity index (χ2v) is 2.43. The van der Waals surface area contributed by atoms with Gasteiger partial charge in [0, 0.05) is 6.42 Å². The predicted octanol–water partition coefficient (Wildman–Crippen LogP) is 0.814. The second-order valence-electron chi connectivity index (χ2n) is 2.43. The number of esters is 1. The molecule has 1 radical (unpaired) electrons. The summed E-state index contributed by atoms with van der Waals surface area (Å²) in [4.78, 5) is 10.8. The molecule has 0 fully saturated rings. The van der Waals surface area contributed by atoms with Crippen molar-refractivity contribution in [3.63, 3.8) is 0 Å². The summed E-state index contributed by atoms with van der Waals surface area (Å²) in [5.74, 6) is -0.184. The van der Waals surface area contributed by atoms with Crippen LogP contribution in [0.2, 0.25) is 0 Å². The Hall–Kier alpha value is -0.610. The van der Waals surface area contributed by atoms with E-state index >= 15 is 0 Å². The molecule has 0 saturated heterocycles. The van der Waals surface area contributed by atoms with Gasteiger partial charge in [-0.05, 0) is 13.3 Å². The number of rotatable bonds is 6. The summed E-state index contributed by atoms with van der Waals surface area (Å²) in [6.45, 7) is 4.18. The number of hydrogen-bond acceptors (Lipinski definition) is 4. The van der Waals surface area contributed by atoms with Crippen molar-refractivity contribution in [3.05, 3.63) is 6.23 Å². The van der Waals surface area contributed by atoms with Gasteiger partial charge in [0.25, 0.3) is 0 Å². The number of hydrogen-bond donors (Lipinski definition) is 1. The Labute approximate surface area is 73.0 Å². The normalized spacial score (nSPS) is 10.3. The van der Waals surface area contributed by atoms with Crippen LogP contribution in [0.15, 0.2) is 0 Å². The van der Waals surface area contributed by atoms with Crippen LogP contribution in [0, 0.1) is 6.23 Å². The molecule has 12 heavy (non-hydrogen) atoms. The molecule has 2 N–H and O–H groups in total. The Morgan fingerprint density at radius 1 is 1.33 bits per heavy atom. The van der Waals surface area contributed by atoms with Crippen LogP contribution >= 0.6 is 0 Å². The predicted molar refractivity (Wildman–Crippen MR) is 44.9 cm³/mol. The first-order valence-corrected chi connectivity index (χ1v) is 4.04. The van der Waals surface area contributed by atoms with Crippen LogP contribution in [0.5, 0.6) is 0 Å². The Balaban J connectivity index is 3.14. The van der Waals surface area contributed by atoms with Crippen molar-refractivity contribution < 1.29 is 14.3 Å². The minimum atomic E-state index is -0.184. The SMILES string of the molecule is CCCC(=O)OCCO[C](C)N. The molecule has 0 saturated carbocycles. The summed E-state index contributed by atoms with van der Waals surface area (Å²) in [5, 5.41) is 0. The van der Waals surface area contributed by atoms with E-state index in [4.69, 9.17) is 15.2 Å². The summed E-state index contributed by atoms with van der Waals surface area (Å²) < 4.78 is 9.69. The Bertz CT molecular complexity index is 125. The van der Waals surface area contributed by atoms with Crippen molar-refractivity contribution in [2.75, 3.05) is 13.2 Å². The van der Waals surface area contributed by atoms with Crippen molar-refractivity contribution in [1.29, 1.82) is 0 Å². The van der Waals surface area contributed by atoms with Crippen LogP contribution in [-0.4, -0.2) is 19.2 Å². The molecule has 0 spiro atoms. The monoisotopic (exact) mass is 174 g/mol. The first kappa shape index (κ1) is 11.4. The van der Waals surface area contributed by atoms with Crippen LogP contribution in [0.25, 0.3) is 0 Å². The van der Waals surface area contributed by atoms with Crippen LogP contribution in [0.3, 0.4) is 0 Å². The standard InChI is InChI=1S/C8H16NO3/c1-3-4-8(10)12-6-5-11-7(2)9/h3-6,9H2,1-2H3. The van der Waals surface area contributed by atoms with Gasteiger partial charge in [-0.3, -0.25) is 4.79 Å². The number of nitrogens with two attached hydrogens (primary N) is 1. The maximum Gasteiger partial charge on any atom is 0.305 e. The van der Waals surface area contributed by atoms with E-state index in [2.05, 4.69) is 0 Å². The largest absolute Gasteiger partial charge is 0.463 e. The third kappa shape index (κ3) is 7.50. The van der Waals surface area contributed by atoms with E-state index in [0.29, 0.717) is 19.3 Å². The molecular formula is C8H16NO3. The number of ether oxygens (including phenoxy) is 2. The summed E-state index contributed by atoms with van der Waals surface area (Å²) in [6, 6.07) is 0. The molecular weight excluding hydrogens is 158 g/mol. The van der Waals surface area contributed by atoms with Gasteiger partial charge in [-0.1, -0.05) is 6.92 Å². The topological polar surface area (TPSA) is 61.5 Å². The van der Waals surface area contributed by atoms with E-state index in [0.717, 1.165) is 6.42 Å². The number of carbonyl (C=O) groups is 1. The molecule has 0 atom stereocenters. The molecule has 0 bridgehead atoms. The summed E-state index contributed by atoms with van der Waals surface area (Å²) >= 11 is 0. The lowest BCUT2D eigenvalue weighted by molar-refractivity contribution is -0.145. The van der Waals surface area contributed by atoms with E-state index in [9.17, 15) is 4.79 Å². The highest BCUT2D eigenvalue weighted by atomic mass is 16.6. The lowest BCUT2D eigenvalue weighted by Crippen LogP contribution is -2.15. The van der Waals surface area contributed by atoms with Crippen molar-refractivity contribution in [2.24, 2.45) is 5.73 Å². The van der Waals surface area contributed by atoms with Crippen molar-refractivity contribution in [1.82, 2.24) is 0 Å². The zero-order valence-corrected chi connectivity index (χ0v) is 7.63. The first-order valence-electron chi connectivity index (χ1n) is 4.04. The van der Waals surface area contributed by atoms with Crippen molar-refractivity contribution in [3.8, 4) is 0 Å². The van der Waals surface area contributed by atoms with E-state index in [1.807, 2.05) is 6.92 Å². The van der Waals surface area contributed by atoms with Gasteiger partial charge < -0.3 is 15.2 Å². The third-order valence-corrected chi connectivity index (χ3v) is 1.13. The highest BCUT2D eigenvalue weighted by Gasteiger charge is 2.00. The average Bonchev–Trinajstić information content (AvgIpc) is 1.98. The summed E-state index contributed by atoms with van der Waals surface area (Å²) in [7, 11) is 0. The van der Waals surface area contributed by atoms with Gasteiger partial charge in [-0.25, -0.2) is 0 Å². The summed E-state index contributed by atoms with van der Waals surface area (Å²) in [6.07, 6.45) is 1.66. The summed E-state index contributed by atoms with van der Waals surface area (Å²) in [5.41, 5.74) is 5.22. The van der Waals surface area contributed by atoms with E-state index < -0.39 is 0 Å². The molecule has 0 aromatic rings. The average molecular weight is 174 g/mol. The van der Waals surface area contributed by atoms with Crippen LogP contribution < -0.4 is 5.73 Å². The van der Waals surface area contributed by atoms with Gasteiger partial charge in [0.2, 0.25) is 0 Å². The minimum Gasteiger partial charge on any atom is -0.463 e. The zero-order valence-electron chi connectivity index (χ0n) is 7.63. The third-order valence-electron chi connectivity index (χ3n) is 1.13. The highest BCUT2D eigenvalue weighted by molar-refractivity contribution is 5.69. The van der Waals surface area contributed by atoms with E-state index in [1.54, 1.807) is 6.92 Å². The molecule has 0 aliphatic rings. The Morgan fingerprint density at radius 3 is 2.42 bits per heavy atom. The number of carbonyl (C=O) groups excluding carboxylic acids is 1. The van der Waals surface area contributed by atoms with Crippen molar-refractivity contribution in [2.45, 2.75) is 26.7 Å². The van der Waals surface area contributed by atoms with Crippen LogP contribution in [0.4, 0.5) is 0 Å². The molecule has 0 aromatic carbocycles. The molecule has 0 aliphatic heterocycles. The fourth-order valence-electron chi connectivity index (χ4n) is 0.634. The highest BCUT2D eigenvalue weighted by Crippen LogP contribution is 1.93. The fraction of sp³-hybridized carbons (Fsp3) is 0.750. The van der Waals surface area contributed by atoms with Crippen LogP contribution in [0.1, 0.15) is 26.7 Å². The van der Waals surface area contributed by atoms with Crippen molar-refractivity contribution >= 4 is 5.97 Å². The van der Waals surface area contributed by atoms with Gasteiger partial charge in [0.15, 0.2) is 6.23 Å². The molecule has 0 amide bonds. The van der Waals surface area contributed by atoms with Gasteiger partial charge in [-0.15, -0.1) is 0 Å². The Morgan fingerprint density at radius 2 is 1.92 bits per heavy atom. The van der Waals surface area contributed by atoms with Crippen LogP contribution in [-0.2, 0) is 14.3 Å². The fourth-order valence-corrected chi connectivity index (χ4v) is 0.634. The molecule has 71 valence electrons. The quantitative estimate of drug-likeness (QED) is 0.478. The zero-order chi connectivity index (χ0) is 9.40. The molecule has 4 heteroatoms. The maximum atomic E-state index is 10.8. The lowest BCUT2D eigenvalue weighted by Gasteiger charge is -2.06. The second kappa shape index (κ2) is 7.06. The van der Waals surface area contributed by atoms with Gasteiger partial charge >= 0.3 is 5.97 Å². The Kier molecular flexibility index (Phi) is 6.70. The maximum absolute atomic E-state index is 10.8. The van der Waals surface area contributed by atoms with Gasteiger partial charge in [-0.2, -0.15) is 0 Å². The molecule has 0 heterocycles. The lowest BCUT2D eigenvalue weighted by atomic mass is 10.3. The van der Waals surface area contributed by atoms with E-state index in [1.165, 1.54) is 0 Å². The molecule has 0 aliphatic carbocycles.